The molecule has 0 amide bonds. The number of rotatable bonds is 4. The summed E-state index contributed by atoms with van der Waals surface area (Å²) in [6.07, 6.45) is 0. The molecule has 1 aromatic heterocycles. The minimum absolute atomic E-state index is 0.169. The summed E-state index contributed by atoms with van der Waals surface area (Å²) in [5.41, 5.74) is 3.90. The van der Waals surface area contributed by atoms with Crippen molar-refractivity contribution < 1.29 is 0 Å². The molecular formula is C16H16BrN3O. The van der Waals surface area contributed by atoms with Gasteiger partial charge in [0.15, 0.2) is 0 Å². The van der Waals surface area contributed by atoms with E-state index in [-0.39, 0.29) is 11.7 Å². The average Bonchev–Trinajstić information content (AvgIpc) is 2.85. The van der Waals surface area contributed by atoms with Crippen molar-refractivity contribution in [1.82, 2.24) is 15.3 Å². The van der Waals surface area contributed by atoms with Crippen LogP contribution in [0.2, 0.25) is 0 Å². The summed E-state index contributed by atoms with van der Waals surface area (Å²) in [5.74, 6) is 0. The number of hydrogen-bond donors (Lipinski definition) is 3. The molecule has 0 fully saturated rings. The SMILES string of the molecule is CC(NCc1ccc(Br)cc1)c1ccc2[nH]c(=O)[nH]c2c1. The molecule has 0 aliphatic rings. The van der Waals surface area contributed by atoms with Crippen LogP contribution in [0.25, 0.3) is 11.0 Å². The topological polar surface area (TPSA) is 60.7 Å². The largest absolute Gasteiger partial charge is 0.323 e. The molecule has 3 aromatic rings. The van der Waals surface area contributed by atoms with Crippen molar-refractivity contribution in [3.8, 4) is 0 Å². The second-order valence-corrected chi connectivity index (χ2v) is 6.03. The number of fused-ring (bicyclic) bond motifs is 1. The first-order valence-corrected chi connectivity index (χ1v) is 7.61. The van der Waals surface area contributed by atoms with Crippen molar-refractivity contribution >= 4 is 27.0 Å². The molecule has 3 rings (SSSR count). The lowest BCUT2D eigenvalue weighted by Gasteiger charge is -2.14. The maximum absolute atomic E-state index is 11.3. The van der Waals surface area contributed by atoms with Crippen LogP contribution < -0.4 is 11.0 Å². The number of H-pyrrole nitrogens is 2. The lowest BCUT2D eigenvalue weighted by Crippen LogP contribution is -2.17. The molecule has 1 unspecified atom stereocenters. The molecule has 0 saturated heterocycles. The van der Waals surface area contributed by atoms with E-state index >= 15 is 0 Å². The fourth-order valence-electron chi connectivity index (χ4n) is 2.31. The first kappa shape index (κ1) is 14.1. The highest BCUT2D eigenvalue weighted by atomic mass is 79.9. The van der Waals surface area contributed by atoms with E-state index in [0.717, 1.165) is 27.6 Å². The van der Waals surface area contributed by atoms with Crippen molar-refractivity contribution in [3.63, 3.8) is 0 Å². The van der Waals surface area contributed by atoms with Gasteiger partial charge in [0.25, 0.3) is 0 Å². The zero-order chi connectivity index (χ0) is 14.8. The Morgan fingerprint density at radius 2 is 1.81 bits per heavy atom. The Balaban J connectivity index is 1.72. The van der Waals surface area contributed by atoms with Crippen LogP contribution in [0.5, 0.6) is 0 Å². The molecule has 1 atom stereocenters. The molecule has 0 spiro atoms. The third-order valence-corrected chi connectivity index (χ3v) is 4.09. The molecule has 0 bridgehead atoms. The molecule has 2 aromatic carbocycles. The van der Waals surface area contributed by atoms with Crippen molar-refractivity contribution in [3.05, 3.63) is 68.5 Å². The number of halogens is 1. The summed E-state index contributed by atoms with van der Waals surface area (Å²) in [6, 6.07) is 14.4. The van der Waals surface area contributed by atoms with E-state index in [4.69, 9.17) is 0 Å². The summed E-state index contributed by atoms with van der Waals surface area (Å²) >= 11 is 3.43. The molecule has 21 heavy (non-hydrogen) atoms. The van der Waals surface area contributed by atoms with E-state index in [1.54, 1.807) is 0 Å². The summed E-state index contributed by atoms with van der Waals surface area (Å²) in [4.78, 5) is 16.8. The number of hydrogen-bond acceptors (Lipinski definition) is 2. The van der Waals surface area contributed by atoms with E-state index in [1.807, 2.05) is 30.3 Å². The quantitative estimate of drug-likeness (QED) is 0.677. The zero-order valence-electron chi connectivity index (χ0n) is 11.6. The van der Waals surface area contributed by atoms with E-state index < -0.39 is 0 Å². The Labute approximate surface area is 130 Å². The molecule has 0 aliphatic heterocycles. The van der Waals surface area contributed by atoms with Gasteiger partial charge in [-0.25, -0.2) is 4.79 Å². The minimum Gasteiger partial charge on any atom is -0.306 e. The van der Waals surface area contributed by atoms with E-state index in [1.165, 1.54) is 5.56 Å². The van der Waals surface area contributed by atoms with Crippen LogP contribution in [-0.2, 0) is 6.54 Å². The molecule has 0 aliphatic carbocycles. The van der Waals surface area contributed by atoms with Gasteiger partial charge >= 0.3 is 5.69 Å². The summed E-state index contributed by atoms with van der Waals surface area (Å²) in [7, 11) is 0. The maximum Gasteiger partial charge on any atom is 0.323 e. The minimum atomic E-state index is -0.169. The van der Waals surface area contributed by atoms with Crippen molar-refractivity contribution in [2.24, 2.45) is 0 Å². The van der Waals surface area contributed by atoms with Crippen LogP contribution in [0.15, 0.2) is 51.7 Å². The molecule has 3 N–H and O–H groups in total. The van der Waals surface area contributed by atoms with Gasteiger partial charge in [0.2, 0.25) is 0 Å². The highest BCUT2D eigenvalue weighted by molar-refractivity contribution is 9.10. The normalized spacial score (nSPS) is 12.7. The summed E-state index contributed by atoms with van der Waals surface area (Å²) < 4.78 is 1.08. The molecule has 0 saturated carbocycles. The monoisotopic (exact) mass is 345 g/mol. The fraction of sp³-hybridized carbons (Fsp3) is 0.188. The Kier molecular flexibility index (Phi) is 3.94. The Hall–Kier alpha value is -1.85. The van der Waals surface area contributed by atoms with Gasteiger partial charge in [-0.15, -0.1) is 0 Å². The van der Waals surface area contributed by atoms with Crippen LogP contribution in [0.4, 0.5) is 0 Å². The average molecular weight is 346 g/mol. The van der Waals surface area contributed by atoms with Crippen molar-refractivity contribution in [1.29, 1.82) is 0 Å². The molecular weight excluding hydrogens is 330 g/mol. The molecule has 5 heteroatoms. The van der Waals surface area contributed by atoms with Crippen molar-refractivity contribution in [2.75, 3.05) is 0 Å². The first-order valence-electron chi connectivity index (χ1n) is 6.81. The second kappa shape index (κ2) is 5.87. The summed E-state index contributed by atoms with van der Waals surface area (Å²) in [5, 5.41) is 3.49. The molecule has 108 valence electrons. The van der Waals surface area contributed by atoms with Crippen molar-refractivity contribution in [2.45, 2.75) is 19.5 Å². The van der Waals surface area contributed by atoms with Crippen LogP contribution in [0.1, 0.15) is 24.1 Å². The van der Waals surface area contributed by atoms with Gasteiger partial charge in [-0.1, -0.05) is 34.1 Å². The smallest absolute Gasteiger partial charge is 0.306 e. The van der Waals surface area contributed by atoms with Gasteiger partial charge in [0.1, 0.15) is 0 Å². The van der Waals surface area contributed by atoms with E-state index in [9.17, 15) is 4.79 Å². The third-order valence-electron chi connectivity index (χ3n) is 3.57. The fourth-order valence-corrected chi connectivity index (χ4v) is 2.57. The van der Waals surface area contributed by atoms with Crippen LogP contribution >= 0.6 is 15.9 Å². The van der Waals surface area contributed by atoms with Crippen LogP contribution in [0.3, 0.4) is 0 Å². The predicted octanol–water partition coefficient (Wildman–Crippen LogP) is 3.47. The number of benzene rings is 2. The van der Waals surface area contributed by atoms with Gasteiger partial charge < -0.3 is 15.3 Å². The molecule has 4 nitrogen and oxygen atoms in total. The maximum atomic E-state index is 11.3. The van der Waals surface area contributed by atoms with Gasteiger partial charge in [0, 0.05) is 17.1 Å². The molecule has 1 heterocycles. The zero-order valence-corrected chi connectivity index (χ0v) is 13.2. The Bertz CT molecular complexity index is 804. The predicted molar refractivity (Wildman–Crippen MR) is 88.3 cm³/mol. The number of aromatic nitrogens is 2. The standard InChI is InChI=1S/C16H16BrN3O/c1-10(18-9-11-2-5-13(17)6-3-11)12-4-7-14-15(8-12)20-16(21)19-14/h2-8,10,18H,9H2,1H3,(H2,19,20,21). The van der Waals surface area contributed by atoms with Gasteiger partial charge in [-0.2, -0.15) is 0 Å². The number of nitrogens with one attached hydrogen (secondary N) is 3. The van der Waals surface area contributed by atoms with E-state index in [0.29, 0.717) is 0 Å². The Morgan fingerprint density at radius 3 is 2.57 bits per heavy atom. The molecule has 0 radical (unpaired) electrons. The highest BCUT2D eigenvalue weighted by Crippen LogP contribution is 2.18. The lowest BCUT2D eigenvalue weighted by molar-refractivity contribution is 0.575. The second-order valence-electron chi connectivity index (χ2n) is 5.11. The van der Waals surface area contributed by atoms with Gasteiger partial charge in [0.05, 0.1) is 11.0 Å². The van der Waals surface area contributed by atoms with Gasteiger partial charge in [-0.3, -0.25) is 0 Å². The summed E-state index contributed by atoms with van der Waals surface area (Å²) in [6.45, 7) is 2.92. The highest BCUT2D eigenvalue weighted by Gasteiger charge is 2.07. The lowest BCUT2D eigenvalue weighted by atomic mass is 10.1. The van der Waals surface area contributed by atoms with Crippen LogP contribution in [-0.4, -0.2) is 9.97 Å². The first-order chi connectivity index (χ1) is 10.1. The van der Waals surface area contributed by atoms with Gasteiger partial charge in [-0.05, 0) is 42.3 Å². The number of aromatic amines is 2. The van der Waals surface area contributed by atoms with E-state index in [2.05, 4.69) is 50.3 Å². The Morgan fingerprint density at radius 1 is 1.10 bits per heavy atom. The van der Waals surface area contributed by atoms with Crippen LogP contribution in [0, 0.1) is 0 Å². The number of imidazole rings is 1. The third kappa shape index (κ3) is 3.25.